The molecule has 0 spiro atoms. The Kier molecular flexibility index (Phi) is 6.34. The zero-order valence-electron chi connectivity index (χ0n) is 12.9. The average Bonchev–Trinajstić information content (AvgIpc) is 2.35. The minimum absolute atomic E-state index is 0.0868. The lowest BCUT2D eigenvalue weighted by Crippen LogP contribution is -2.41. The lowest BCUT2D eigenvalue weighted by atomic mass is 10.1. The van der Waals surface area contributed by atoms with Crippen molar-refractivity contribution >= 4 is 17.5 Å². The summed E-state index contributed by atoms with van der Waals surface area (Å²) in [6.07, 6.45) is 1.50. The van der Waals surface area contributed by atoms with Gasteiger partial charge in [-0.2, -0.15) is 0 Å². The summed E-state index contributed by atoms with van der Waals surface area (Å²) in [6, 6.07) is 3.88. The van der Waals surface area contributed by atoms with Gasteiger partial charge in [-0.15, -0.1) is 0 Å². The molecule has 4 heteroatoms. The molecule has 1 aromatic rings. The summed E-state index contributed by atoms with van der Waals surface area (Å²) in [6.45, 7) is 9.71. The number of ether oxygens (including phenoxy) is 1. The van der Waals surface area contributed by atoms with Crippen LogP contribution in [0.5, 0.6) is 5.75 Å². The number of benzene rings is 1. The van der Waals surface area contributed by atoms with Gasteiger partial charge in [-0.25, -0.2) is 0 Å². The summed E-state index contributed by atoms with van der Waals surface area (Å²) < 4.78 is 5.70. The second-order valence-corrected chi connectivity index (χ2v) is 5.71. The van der Waals surface area contributed by atoms with E-state index in [1.54, 1.807) is 6.92 Å². The van der Waals surface area contributed by atoms with Gasteiger partial charge in [0.2, 0.25) is 0 Å². The maximum atomic E-state index is 12.0. The van der Waals surface area contributed by atoms with Crippen LogP contribution in [0.4, 0.5) is 0 Å². The van der Waals surface area contributed by atoms with Gasteiger partial charge in [0, 0.05) is 11.1 Å². The summed E-state index contributed by atoms with van der Waals surface area (Å²) in [5.41, 5.74) is 1.90. The van der Waals surface area contributed by atoms with E-state index in [1.165, 1.54) is 0 Å². The number of nitrogens with one attached hydrogen (secondary N) is 1. The molecule has 0 unspecified atom stereocenters. The van der Waals surface area contributed by atoms with Crippen LogP contribution in [0.2, 0.25) is 5.02 Å². The number of halogens is 1. The summed E-state index contributed by atoms with van der Waals surface area (Å²) >= 11 is 6.12. The van der Waals surface area contributed by atoms with Crippen LogP contribution >= 0.6 is 11.6 Å². The molecule has 0 heterocycles. The first-order valence-electron chi connectivity index (χ1n) is 7.09. The molecule has 3 nitrogen and oxygen atoms in total. The van der Waals surface area contributed by atoms with Crippen molar-refractivity contribution in [3.05, 3.63) is 28.3 Å². The second-order valence-electron chi connectivity index (χ2n) is 5.33. The van der Waals surface area contributed by atoms with Gasteiger partial charge in [0.1, 0.15) is 5.75 Å². The quantitative estimate of drug-likeness (QED) is 0.861. The molecule has 1 aromatic carbocycles. The van der Waals surface area contributed by atoms with E-state index in [0.29, 0.717) is 5.75 Å². The Morgan fingerprint density at radius 1 is 1.30 bits per heavy atom. The lowest BCUT2D eigenvalue weighted by molar-refractivity contribution is -0.127. The number of rotatable bonds is 6. The number of carbonyl (C=O) groups excluding carboxylic acids is 1. The molecule has 20 heavy (non-hydrogen) atoms. The van der Waals surface area contributed by atoms with Gasteiger partial charge >= 0.3 is 0 Å². The van der Waals surface area contributed by atoms with Crippen molar-refractivity contribution in [2.75, 3.05) is 0 Å². The van der Waals surface area contributed by atoms with Crippen LogP contribution in [0, 0.1) is 13.8 Å². The molecule has 0 saturated heterocycles. The molecule has 1 amide bonds. The second kappa shape index (κ2) is 7.53. The summed E-state index contributed by atoms with van der Waals surface area (Å²) in [7, 11) is 0. The van der Waals surface area contributed by atoms with E-state index in [-0.39, 0.29) is 11.9 Å². The van der Waals surface area contributed by atoms with Crippen molar-refractivity contribution in [2.24, 2.45) is 0 Å². The first kappa shape index (κ1) is 16.8. The van der Waals surface area contributed by atoms with E-state index < -0.39 is 6.10 Å². The van der Waals surface area contributed by atoms with Crippen LogP contribution in [0.25, 0.3) is 0 Å². The summed E-state index contributed by atoms with van der Waals surface area (Å²) in [4.78, 5) is 12.0. The number of amides is 1. The summed E-state index contributed by atoms with van der Waals surface area (Å²) in [5, 5.41) is 3.69. The highest BCUT2D eigenvalue weighted by Crippen LogP contribution is 2.26. The number of hydrogen-bond acceptors (Lipinski definition) is 2. The van der Waals surface area contributed by atoms with Crippen molar-refractivity contribution in [3.63, 3.8) is 0 Å². The molecule has 2 atom stereocenters. The van der Waals surface area contributed by atoms with Gasteiger partial charge in [0.05, 0.1) is 0 Å². The van der Waals surface area contributed by atoms with Crippen LogP contribution in [0.3, 0.4) is 0 Å². The Morgan fingerprint density at radius 2 is 1.85 bits per heavy atom. The van der Waals surface area contributed by atoms with Crippen LogP contribution in [-0.2, 0) is 4.79 Å². The van der Waals surface area contributed by atoms with Gasteiger partial charge in [0.25, 0.3) is 5.91 Å². The molecule has 1 N–H and O–H groups in total. The Labute approximate surface area is 126 Å². The predicted octanol–water partition coefficient (Wildman–Crippen LogP) is 4.03. The smallest absolute Gasteiger partial charge is 0.260 e. The molecule has 1 rings (SSSR count). The minimum Gasteiger partial charge on any atom is -0.481 e. The van der Waals surface area contributed by atoms with E-state index in [4.69, 9.17) is 16.3 Å². The average molecular weight is 298 g/mol. The first-order chi connectivity index (χ1) is 9.35. The topological polar surface area (TPSA) is 38.3 Å². The molecule has 0 aromatic heterocycles. The highest BCUT2D eigenvalue weighted by molar-refractivity contribution is 6.32. The van der Waals surface area contributed by atoms with Crippen LogP contribution in [-0.4, -0.2) is 18.1 Å². The largest absolute Gasteiger partial charge is 0.481 e. The number of carbonyl (C=O) groups is 1. The Hall–Kier alpha value is -1.22. The predicted molar refractivity (Wildman–Crippen MR) is 83.5 cm³/mol. The van der Waals surface area contributed by atoms with Crippen molar-refractivity contribution in [1.82, 2.24) is 5.32 Å². The van der Waals surface area contributed by atoms with Crippen LogP contribution in [0.15, 0.2) is 12.1 Å². The van der Waals surface area contributed by atoms with Gasteiger partial charge in [-0.3, -0.25) is 4.79 Å². The highest BCUT2D eigenvalue weighted by Gasteiger charge is 2.17. The van der Waals surface area contributed by atoms with E-state index in [2.05, 4.69) is 12.2 Å². The molecular weight excluding hydrogens is 274 g/mol. The molecule has 0 radical (unpaired) electrons. The highest BCUT2D eigenvalue weighted by atomic mass is 35.5. The fourth-order valence-corrected chi connectivity index (χ4v) is 2.21. The van der Waals surface area contributed by atoms with Gasteiger partial charge in [0.15, 0.2) is 6.10 Å². The maximum absolute atomic E-state index is 12.0. The monoisotopic (exact) mass is 297 g/mol. The molecule has 0 aliphatic carbocycles. The van der Waals surface area contributed by atoms with Crippen molar-refractivity contribution in [3.8, 4) is 5.75 Å². The first-order valence-corrected chi connectivity index (χ1v) is 7.46. The van der Waals surface area contributed by atoms with Gasteiger partial charge in [-0.1, -0.05) is 24.9 Å². The third-order valence-electron chi connectivity index (χ3n) is 3.20. The Bertz CT molecular complexity index is 451. The molecule has 0 saturated carbocycles. The Morgan fingerprint density at radius 3 is 2.35 bits per heavy atom. The normalized spacial score (nSPS) is 13.7. The SMILES string of the molecule is CCC[C@@H](C)NC(=O)[C@H](C)Oc1cc(C)c(Cl)c(C)c1. The molecule has 0 aliphatic rings. The molecular formula is C16H24ClNO2. The van der Waals surface area contributed by atoms with Crippen molar-refractivity contribution < 1.29 is 9.53 Å². The maximum Gasteiger partial charge on any atom is 0.260 e. The van der Waals surface area contributed by atoms with Crippen LogP contribution in [0.1, 0.15) is 44.7 Å². The zero-order valence-corrected chi connectivity index (χ0v) is 13.7. The van der Waals surface area contributed by atoms with Gasteiger partial charge in [-0.05, 0) is 57.4 Å². The summed E-state index contributed by atoms with van der Waals surface area (Å²) in [5.74, 6) is 0.589. The fourth-order valence-electron chi connectivity index (χ4n) is 2.10. The fraction of sp³-hybridized carbons (Fsp3) is 0.562. The van der Waals surface area contributed by atoms with E-state index in [9.17, 15) is 4.79 Å². The number of aryl methyl sites for hydroxylation is 2. The number of hydrogen-bond donors (Lipinski definition) is 1. The molecule has 112 valence electrons. The zero-order chi connectivity index (χ0) is 15.3. The van der Waals surface area contributed by atoms with Crippen LogP contribution < -0.4 is 10.1 Å². The van der Waals surface area contributed by atoms with Gasteiger partial charge < -0.3 is 10.1 Å². The molecule has 0 fully saturated rings. The lowest BCUT2D eigenvalue weighted by Gasteiger charge is -2.19. The molecule has 0 bridgehead atoms. The van der Waals surface area contributed by atoms with E-state index >= 15 is 0 Å². The van der Waals surface area contributed by atoms with E-state index in [1.807, 2.05) is 32.9 Å². The van der Waals surface area contributed by atoms with Crippen molar-refractivity contribution in [1.29, 1.82) is 0 Å². The van der Waals surface area contributed by atoms with Crippen molar-refractivity contribution in [2.45, 2.75) is 59.6 Å². The Balaban J connectivity index is 2.66. The minimum atomic E-state index is -0.519. The third kappa shape index (κ3) is 4.71. The third-order valence-corrected chi connectivity index (χ3v) is 3.80. The standard InChI is InChI=1S/C16H24ClNO2/c1-6-7-12(4)18-16(19)13(5)20-14-8-10(2)15(17)11(3)9-14/h8-9,12-13H,6-7H2,1-5H3,(H,18,19)/t12-,13+/m1/s1. The van der Waals surface area contributed by atoms with E-state index in [0.717, 1.165) is 29.0 Å². The molecule has 0 aliphatic heterocycles.